The van der Waals surface area contributed by atoms with Crippen LogP contribution in [-0.4, -0.2) is 50.4 Å². The highest BCUT2D eigenvalue weighted by molar-refractivity contribution is 5.85. The quantitative estimate of drug-likeness (QED) is 0.790. The van der Waals surface area contributed by atoms with Crippen LogP contribution in [0, 0.1) is 18.3 Å². The summed E-state index contributed by atoms with van der Waals surface area (Å²) in [5.74, 6) is 3.51. The van der Waals surface area contributed by atoms with Crippen LogP contribution in [0.1, 0.15) is 25.5 Å². The van der Waals surface area contributed by atoms with Gasteiger partial charge in [0.2, 0.25) is 5.95 Å². The maximum Gasteiger partial charge on any atom is 0.224 e. The molecule has 24 heavy (non-hydrogen) atoms. The molecule has 126 valence electrons. The van der Waals surface area contributed by atoms with Crippen molar-refractivity contribution in [2.45, 2.75) is 37.6 Å². The number of nitrogens with zero attached hydrogens (tertiary/aromatic N) is 5. The third-order valence-corrected chi connectivity index (χ3v) is 4.73. The molecule has 1 aliphatic carbocycles. The number of fused-ring (bicyclic) bond motifs is 1. The number of hydrogen-bond acceptors (Lipinski definition) is 7. The second-order valence-corrected chi connectivity index (χ2v) is 6.41. The molecule has 4 rings (SSSR count). The molecule has 2 aromatic rings. The second-order valence-electron chi connectivity index (χ2n) is 6.41. The minimum atomic E-state index is -0.412. The number of rotatable bonds is 4. The van der Waals surface area contributed by atoms with Crippen LogP contribution in [-0.2, 0) is 4.74 Å². The van der Waals surface area contributed by atoms with Gasteiger partial charge >= 0.3 is 0 Å². The van der Waals surface area contributed by atoms with Crippen molar-refractivity contribution in [2.75, 3.05) is 24.3 Å². The Balaban J connectivity index is 1.79. The monoisotopic (exact) mass is 328 g/mol. The average molecular weight is 328 g/mol. The second kappa shape index (κ2) is 5.61. The molecule has 1 saturated heterocycles. The summed E-state index contributed by atoms with van der Waals surface area (Å²) in [5.41, 5.74) is 7.21. The molecule has 8 heteroatoms. The van der Waals surface area contributed by atoms with Gasteiger partial charge in [-0.1, -0.05) is 5.92 Å². The van der Waals surface area contributed by atoms with Crippen LogP contribution in [0.15, 0.2) is 6.33 Å². The summed E-state index contributed by atoms with van der Waals surface area (Å²) < 4.78 is 7.69. The molecule has 0 radical (unpaired) electrons. The molecule has 0 amide bonds. The van der Waals surface area contributed by atoms with E-state index in [4.69, 9.17) is 16.9 Å². The standard InChI is InChI=1S/C16H20N6O2/c1-3-9-6-11(7-23)24-15(9)22-8-18-12-13(21(2)10-4-5-10)19-16(17)20-14(12)22/h1,8-11,15,23H,4-7H2,2H3,(H2,17,19,20)/t9-,11-,15+/m0/s1. The van der Waals surface area contributed by atoms with E-state index in [-0.39, 0.29) is 24.6 Å². The topological polar surface area (TPSA) is 102 Å². The van der Waals surface area contributed by atoms with E-state index in [1.807, 2.05) is 7.05 Å². The zero-order valence-corrected chi connectivity index (χ0v) is 13.5. The third kappa shape index (κ3) is 2.37. The molecule has 1 saturated carbocycles. The fraction of sp³-hybridized carbons (Fsp3) is 0.562. The molecule has 2 aliphatic rings. The number of ether oxygens (including phenoxy) is 1. The van der Waals surface area contributed by atoms with E-state index < -0.39 is 6.23 Å². The summed E-state index contributed by atoms with van der Waals surface area (Å²) in [5, 5.41) is 9.37. The van der Waals surface area contributed by atoms with Crippen molar-refractivity contribution >= 4 is 22.9 Å². The lowest BCUT2D eigenvalue weighted by Crippen LogP contribution is -2.22. The van der Waals surface area contributed by atoms with E-state index in [0.717, 1.165) is 18.7 Å². The number of aliphatic hydroxyl groups excluding tert-OH is 1. The van der Waals surface area contributed by atoms with E-state index in [1.165, 1.54) is 0 Å². The maximum absolute atomic E-state index is 9.37. The Morgan fingerprint density at radius 3 is 2.96 bits per heavy atom. The van der Waals surface area contributed by atoms with E-state index in [9.17, 15) is 5.11 Å². The van der Waals surface area contributed by atoms with Gasteiger partial charge in [0, 0.05) is 13.1 Å². The highest BCUT2D eigenvalue weighted by Gasteiger charge is 2.37. The van der Waals surface area contributed by atoms with Gasteiger partial charge in [0.05, 0.1) is 25.0 Å². The minimum Gasteiger partial charge on any atom is -0.394 e. The molecule has 3 heterocycles. The molecular weight excluding hydrogens is 308 g/mol. The lowest BCUT2D eigenvalue weighted by atomic mass is 10.0. The maximum atomic E-state index is 9.37. The van der Waals surface area contributed by atoms with Crippen molar-refractivity contribution in [3.05, 3.63) is 6.33 Å². The number of anilines is 2. The summed E-state index contributed by atoms with van der Waals surface area (Å²) in [7, 11) is 2.00. The van der Waals surface area contributed by atoms with Crippen molar-refractivity contribution in [3.63, 3.8) is 0 Å². The smallest absolute Gasteiger partial charge is 0.224 e. The molecule has 1 aliphatic heterocycles. The third-order valence-electron chi connectivity index (χ3n) is 4.73. The molecular formula is C16H20N6O2. The van der Waals surface area contributed by atoms with Crippen LogP contribution in [0.3, 0.4) is 0 Å². The Morgan fingerprint density at radius 1 is 1.50 bits per heavy atom. The molecule has 3 N–H and O–H groups in total. The van der Waals surface area contributed by atoms with E-state index in [1.54, 1.807) is 10.9 Å². The van der Waals surface area contributed by atoms with Gasteiger partial charge in [0.25, 0.3) is 0 Å². The zero-order chi connectivity index (χ0) is 16.8. The normalized spacial score (nSPS) is 26.6. The molecule has 2 fully saturated rings. The Labute approximate surface area is 139 Å². The first-order chi connectivity index (χ1) is 11.6. The van der Waals surface area contributed by atoms with Gasteiger partial charge in [-0.2, -0.15) is 9.97 Å². The summed E-state index contributed by atoms with van der Waals surface area (Å²) in [4.78, 5) is 15.3. The fourth-order valence-electron chi connectivity index (χ4n) is 3.26. The van der Waals surface area contributed by atoms with Gasteiger partial charge in [-0.05, 0) is 19.3 Å². The Kier molecular flexibility index (Phi) is 3.55. The molecule has 3 atom stereocenters. The van der Waals surface area contributed by atoms with E-state index in [0.29, 0.717) is 23.6 Å². The van der Waals surface area contributed by atoms with Gasteiger partial charge in [-0.25, -0.2) is 4.98 Å². The van der Waals surface area contributed by atoms with Crippen LogP contribution in [0.25, 0.3) is 11.2 Å². The van der Waals surface area contributed by atoms with Crippen molar-refractivity contribution in [1.82, 2.24) is 19.5 Å². The number of nitrogens with two attached hydrogens (primary N) is 1. The average Bonchev–Trinajstić information content (AvgIpc) is 3.22. The van der Waals surface area contributed by atoms with Crippen LogP contribution in [0.5, 0.6) is 0 Å². The first-order valence-electron chi connectivity index (χ1n) is 8.07. The predicted molar refractivity (Wildman–Crippen MR) is 89.1 cm³/mol. The summed E-state index contributed by atoms with van der Waals surface area (Å²) in [6.45, 7) is -0.0614. The van der Waals surface area contributed by atoms with Gasteiger partial charge in [-0.3, -0.25) is 4.57 Å². The zero-order valence-electron chi connectivity index (χ0n) is 13.5. The van der Waals surface area contributed by atoms with Crippen LogP contribution in [0.2, 0.25) is 0 Å². The molecule has 2 aromatic heterocycles. The Hall–Kier alpha value is -2.37. The van der Waals surface area contributed by atoms with Crippen molar-refractivity contribution in [3.8, 4) is 12.3 Å². The van der Waals surface area contributed by atoms with E-state index >= 15 is 0 Å². The first kappa shape index (κ1) is 15.2. The predicted octanol–water partition coefficient (Wildman–Crippen LogP) is 0.536. The SMILES string of the molecule is C#C[C@H]1C[C@@H](CO)O[C@H]1n1cnc2c(N(C)C3CC3)nc(N)nc21. The van der Waals surface area contributed by atoms with Crippen LogP contribution < -0.4 is 10.6 Å². The highest BCUT2D eigenvalue weighted by Crippen LogP contribution is 2.37. The molecule has 0 aromatic carbocycles. The lowest BCUT2D eigenvalue weighted by Gasteiger charge is -2.19. The lowest BCUT2D eigenvalue weighted by molar-refractivity contribution is -0.0262. The number of imidazole rings is 1. The summed E-state index contributed by atoms with van der Waals surface area (Å²) in [6.07, 6.45) is 9.51. The number of aromatic nitrogens is 4. The van der Waals surface area contributed by atoms with Crippen molar-refractivity contribution in [1.29, 1.82) is 0 Å². The number of hydrogen-bond donors (Lipinski definition) is 2. The number of aliphatic hydroxyl groups is 1. The molecule has 0 unspecified atom stereocenters. The molecule has 0 bridgehead atoms. The van der Waals surface area contributed by atoms with E-state index in [2.05, 4.69) is 25.8 Å². The summed E-state index contributed by atoms with van der Waals surface area (Å²) >= 11 is 0. The van der Waals surface area contributed by atoms with Crippen molar-refractivity contribution < 1.29 is 9.84 Å². The summed E-state index contributed by atoms with van der Waals surface area (Å²) in [6, 6.07) is 0.479. The van der Waals surface area contributed by atoms with Gasteiger partial charge in [0.1, 0.15) is 0 Å². The first-order valence-corrected chi connectivity index (χ1v) is 8.07. The van der Waals surface area contributed by atoms with Crippen LogP contribution in [0.4, 0.5) is 11.8 Å². The largest absolute Gasteiger partial charge is 0.394 e. The van der Waals surface area contributed by atoms with Gasteiger partial charge in [-0.15, -0.1) is 6.42 Å². The number of nitrogen functional groups attached to an aromatic ring is 1. The fourth-order valence-corrected chi connectivity index (χ4v) is 3.26. The van der Waals surface area contributed by atoms with Crippen LogP contribution >= 0.6 is 0 Å². The van der Waals surface area contributed by atoms with Gasteiger partial charge in [0.15, 0.2) is 23.2 Å². The molecule has 8 nitrogen and oxygen atoms in total. The highest BCUT2D eigenvalue weighted by atomic mass is 16.5. The van der Waals surface area contributed by atoms with Crippen molar-refractivity contribution in [2.24, 2.45) is 5.92 Å². The Morgan fingerprint density at radius 2 is 2.29 bits per heavy atom. The Bertz CT molecular complexity index is 809. The molecule has 0 spiro atoms. The minimum absolute atomic E-state index is 0.0614. The number of terminal acetylenes is 1. The van der Waals surface area contributed by atoms with Gasteiger partial charge < -0.3 is 20.5 Å².